The van der Waals surface area contributed by atoms with Gasteiger partial charge in [0.05, 0.1) is 0 Å². The standard InChI is InChI=1S/C25H33.2C6H4Cl.C5H5.CH2.2ClH.Zr/c1-15-13-21-19-11-7-8-12-20(19)24-18-10-6-5-9-17(18)14-22(24)23(21)16(2)25(15,3)4;2*7-6-4-2-1-3-5-6;1-2-4-5-3-1;;;;/h5-6,9-10,15,19-21,24H,7-8,11-14H2,1-4H3;2*1-2,4-5H;1-3H,4H2;1H2;2*1H;. The summed E-state index contributed by atoms with van der Waals surface area (Å²) in [6.45, 7) is 10.5. The van der Waals surface area contributed by atoms with Gasteiger partial charge in [-0.25, -0.2) is 0 Å². The van der Waals surface area contributed by atoms with Gasteiger partial charge in [0.15, 0.2) is 0 Å². The zero-order valence-electron chi connectivity index (χ0n) is 28.8. The third-order valence-corrected chi connectivity index (χ3v) is 35.2. The molecule has 0 aromatic heterocycles. The molecule has 0 radical (unpaired) electrons. The van der Waals surface area contributed by atoms with Crippen LogP contribution >= 0.6 is 48.0 Å². The molecule has 48 heavy (non-hydrogen) atoms. The number of allylic oxidation sites excluding steroid dienone is 6. The van der Waals surface area contributed by atoms with Crippen LogP contribution in [0.1, 0.15) is 83.3 Å². The van der Waals surface area contributed by atoms with E-state index < -0.39 is 18.3 Å². The zero-order chi connectivity index (χ0) is 32.1. The summed E-state index contributed by atoms with van der Waals surface area (Å²) in [7, 11) is 0. The Morgan fingerprint density at radius 3 is 2.04 bits per heavy atom. The predicted octanol–water partition coefficient (Wildman–Crippen LogP) is 12.1. The summed E-state index contributed by atoms with van der Waals surface area (Å²) in [6, 6.07) is 27.4. The molecule has 0 saturated heterocycles. The van der Waals surface area contributed by atoms with Gasteiger partial charge in [-0.3, -0.25) is 0 Å². The normalized spacial score (nSPS) is 30.2. The van der Waals surface area contributed by atoms with Crippen LogP contribution in [-0.2, 0) is 24.7 Å². The van der Waals surface area contributed by atoms with E-state index in [0.29, 0.717) is 17.8 Å². The SMILES string of the molecule is Cl.Cl.[CH2]=[Zr]([C]1=CC=CC1)([c]1cccc(Cl)c1)([c]1cccc(Cl)c1)[C]1(C)C2=C3Cc4ccccc4C3C3CCCCC3C2CC(C)C1(C)C. The summed E-state index contributed by atoms with van der Waals surface area (Å²) in [5, 5.41) is 1.60. The van der Waals surface area contributed by atoms with Crippen molar-refractivity contribution >= 4 is 58.8 Å². The van der Waals surface area contributed by atoms with Gasteiger partial charge in [-0.15, -0.1) is 24.8 Å². The number of halogens is 4. The van der Waals surface area contributed by atoms with Gasteiger partial charge in [-0.1, -0.05) is 0 Å². The first kappa shape index (κ1) is 36.6. The van der Waals surface area contributed by atoms with Gasteiger partial charge in [0, 0.05) is 0 Å². The molecule has 3 aromatic carbocycles. The van der Waals surface area contributed by atoms with E-state index >= 15 is 0 Å². The van der Waals surface area contributed by atoms with Gasteiger partial charge in [-0.2, -0.15) is 0 Å². The Morgan fingerprint density at radius 1 is 0.812 bits per heavy atom. The molecule has 5 heteroatoms. The Morgan fingerprint density at radius 2 is 1.44 bits per heavy atom. The second kappa shape index (κ2) is 12.8. The molecule has 2 saturated carbocycles. The van der Waals surface area contributed by atoms with Gasteiger partial charge < -0.3 is 0 Å². The second-order valence-corrected chi connectivity index (χ2v) is 31.2. The molecule has 6 atom stereocenters. The summed E-state index contributed by atoms with van der Waals surface area (Å²) >= 11 is 8.99. The van der Waals surface area contributed by atoms with Crippen molar-refractivity contribution in [3.63, 3.8) is 0 Å². The van der Waals surface area contributed by atoms with E-state index in [0.717, 1.165) is 34.7 Å². The van der Waals surface area contributed by atoms with Crippen LogP contribution in [0.5, 0.6) is 0 Å². The molecule has 0 bridgehead atoms. The van der Waals surface area contributed by atoms with E-state index in [1.165, 1.54) is 38.6 Å². The van der Waals surface area contributed by atoms with E-state index in [-0.39, 0.29) is 33.4 Å². The van der Waals surface area contributed by atoms with Crippen LogP contribution in [0.25, 0.3) is 0 Å². The van der Waals surface area contributed by atoms with Crippen LogP contribution in [0, 0.1) is 29.1 Å². The molecule has 0 nitrogen and oxygen atoms in total. The molecular weight excluding hydrogens is 750 g/mol. The average molecular weight is 800 g/mol. The van der Waals surface area contributed by atoms with Crippen molar-refractivity contribution in [2.45, 2.75) is 81.7 Å². The number of hydrogen-bond donors (Lipinski definition) is 0. The summed E-state index contributed by atoms with van der Waals surface area (Å²) in [5.41, 5.74) is 6.70. The summed E-state index contributed by atoms with van der Waals surface area (Å²) in [4.78, 5) is 0. The van der Waals surface area contributed by atoms with Crippen molar-refractivity contribution < 1.29 is 18.3 Å². The first-order valence-electron chi connectivity index (χ1n) is 17.7. The molecule has 5 aliphatic carbocycles. The van der Waals surface area contributed by atoms with Gasteiger partial charge in [0.25, 0.3) is 0 Å². The minimum atomic E-state index is -5.07. The number of benzene rings is 3. The van der Waals surface area contributed by atoms with Crippen LogP contribution < -0.4 is 6.54 Å². The van der Waals surface area contributed by atoms with Crippen LogP contribution in [0.4, 0.5) is 0 Å². The Kier molecular flexibility index (Phi) is 9.74. The van der Waals surface area contributed by atoms with Crippen molar-refractivity contribution in [3.05, 3.63) is 127 Å². The Bertz CT molecular complexity index is 1860. The maximum absolute atomic E-state index is 7.03. The molecule has 0 aliphatic heterocycles. The van der Waals surface area contributed by atoms with Gasteiger partial charge in [-0.05, 0) is 0 Å². The minimum absolute atomic E-state index is 0. The fourth-order valence-electron chi connectivity index (χ4n) is 12.3. The second-order valence-electron chi connectivity index (χ2n) is 16.3. The van der Waals surface area contributed by atoms with Crippen molar-refractivity contribution in [1.82, 2.24) is 0 Å². The fourth-order valence-corrected chi connectivity index (χ4v) is 33.7. The van der Waals surface area contributed by atoms with Crippen molar-refractivity contribution in [2.75, 3.05) is 0 Å². The third-order valence-electron chi connectivity index (χ3n) is 14.9. The van der Waals surface area contributed by atoms with Gasteiger partial charge in [0.2, 0.25) is 0 Å². The van der Waals surface area contributed by atoms with E-state index in [1.807, 2.05) is 12.1 Å². The molecule has 0 N–H and O–H groups in total. The molecule has 2 fully saturated rings. The summed E-state index contributed by atoms with van der Waals surface area (Å²) < 4.78 is 10.0. The summed E-state index contributed by atoms with van der Waals surface area (Å²) in [6.07, 6.45) is 15.9. The monoisotopic (exact) mass is 796 g/mol. The maximum atomic E-state index is 7.03. The van der Waals surface area contributed by atoms with Gasteiger partial charge >= 0.3 is 290 Å². The van der Waals surface area contributed by atoms with Crippen LogP contribution in [0.3, 0.4) is 0 Å². The Hall–Kier alpha value is -1.21. The molecular formula is C43H50Cl4Zr. The molecule has 8 rings (SSSR count). The number of fused-ring (bicyclic) bond motifs is 7. The van der Waals surface area contributed by atoms with E-state index in [2.05, 4.69) is 107 Å². The van der Waals surface area contributed by atoms with Crippen LogP contribution in [0.2, 0.25) is 13.2 Å². The molecule has 254 valence electrons. The van der Waals surface area contributed by atoms with Crippen molar-refractivity contribution in [2.24, 2.45) is 29.1 Å². The van der Waals surface area contributed by atoms with E-state index in [9.17, 15) is 0 Å². The van der Waals surface area contributed by atoms with Crippen LogP contribution in [-0.4, -0.2) is 4.21 Å². The molecule has 5 aliphatic rings. The van der Waals surface area contributed by atoms with Crippen molar-refractivity contribution in [3.8, 4) is 0 Å². The number of rotatable bonds is 4. The average Bonchev–Trinajstić information content (AvgIpc) is 3.73. The van der Waals surface area contributed by atoms with Crippen LogP contribution in [0.15, 0.2) is 105 Å². The fraction of sp³-hybridized carbons (Fsp3) is 0.419. The molecule has 0 spiro atoms. The van der Waals surface area contributed by atoms with E-state index in [1.54, 1.807) is 25.6 Å². The molecule has 3 aromatic rings. The molecule has 0 amide bonds. The Balaban J connectivity index is 0.00000201. The summed E-state index contributed by atoms with van der Waals surface area (Å²) in [5.74, 6) is 3.12. The first-order valence-corrected chi connectivity index (χ1v) is 25.2. The quantitative estimate of drug-likeness (QED) is 0.231. The van der Waals surface area contributed by atoms with Gasteiger partial charge in [0.1, 0.15) is 0 Å². The topological polar surface area (TPSA) is 0 Å². The first-order chi connectivity index (χ1) is 22.0. The number of hydrogen-bond acceptors (Lipinski definition) is 0. The van der Waals surface area contributed by atoms with Crippen molar-refractivity contribution in [1.29, 1.82) is 0 Å². The molecule has 6 unspecified atom stereocenters. The third kappa shape index (κ3) is 4.59. The molecule has 0 heterocycles. The predicted molar refractivity (Wildman–Crippen MR) is 210 cm³/mol. The van der Waals surface area contributed by atoms with E-state index in [4.69, 9.17) is 27.4 Å². The zero-order valence-corrected chi connectivity index (χ0v) is 34.4. The Labute approximate surface area is 311 Å².